The van der Waals surface area contributed by atoms with Gasteiger partial charge in [-0.3, -0.25) is 9.36 Å². The molecule has 9 heteroatoms. The van der Waals surface area contributed by atoms with E-state index >= 15 is 0 Å². The monoisotopic (exact) mass is 435 g/mol. The molecule has 1 unspecified atom stereocenters. The number of hydrogen-bond donors (Lipinski definition) is 2. The van der Waals surface area contributed by atoms with Gasteiger partial charge in [-0.15, -0.1) is 0 Å². The topological polar surface area (TPSA) is 88.2 Å². The van der Waals surface area contributed by atoms with Crippen LogP contribution in [0.1, 0.15) is 63.7 Å². The number of pyridine rings is 1. The number of phenolic OH excluding ortho intramolecular Hbond substituents is 1. The van der Waals surface area contributed by atoms with E-state index in [4.69, 9.17) is 0 Å². The van der Waals surface area contributed by atoms with E-state index in [9.17, 15) is 28.2 Å². The van der Waals surface area contributed by atoms with Crippen LogP contribution < -0.4 is 5.56 Å². The van der Waals surface area contributed by atoms with Gasteiger partial charge in [0.05, 0.1) is 28.9 Å². The molecule has 0 spiro atoms. The Morgan fingerprint density at radius 3 is 2.19 bits per heavy atom. The summed E-state index contributed by atoms with van der Waals surface area (Å²) in [6.45, 7) is 8.92. The molecule has 1 aromatic carbocycles. The zero-order chi connectivity index (χ0) is 23.3. The van der Waals surface area contributed by atoms with Gasteiger partial charge in [-0.25, -0.2) is 9.97 Å². The first-order valence-corrected chi connectivity index (χ1v) is 9.73. The molecule has 3 rings (SSSR count). The summed E-state index contributed by atoms with van der Waals surface area (Å²) in [5, 5.41) is 21.4. The molecule has 0 aliphatic heterocycles. The maximum atomic E-state index is 13.4. The number of benzene rings is 1. The standard InChI is InChI=1S/C22H24F3N3O3/c1-11(2)19-27-17-13(7-8-14(29)16(17)18(30)21(3,4)5)20(31)28(19)12-6-9-15(26-10-12)22(23,24)25/h6-11,18,29-30H,1-5H3. The summed E-state index contributed by atoms with van der Waals surface area (Å²) in [5.74, 6) is -0.209. The van der Waals surface area contributed by atoms with Crippen molar-refractivity contribution < 1.29 is 23.4 Å². The second-order valence-corrected chi connectivity index (χ2v) is 8.83. The molecule has 2 heterocycles. The minimum atomic E-state index is -4.60. The molecule has 1 atom stereocenters. The number of aliphatic hydroxyl groups is 1. The zero-order valence-electron chi connectivity index (χ0n) is 17.8. The molecule has 0 saturated heterocycles. The molecule has 6 nitrogen and oxygen atoms in total. The molecule has 0 amide bonds. The van der Waals surface area contributed by atoms with Gasteiger partial charge in [-0.05, 0) is 29.7 Å². The number of rotatable bonds is 3. The third-order valence-electron chi connectivity index (χ3n) is 4.99. The molecule has 0 radical (unpaired) electrons. The summed E-state index contributed by atoms with van der Waals surface area (Å²) in [4.78, 5) is 21.4. The lowest BCUT2D eigenvalue weighted by atomic mass is 9.83. The van der Waals surface area contributed by atoms with Crippen molar-refractivity contribution in [1.82, 2.24) is 14.5 Å². The summed E-state index contributed by atoms with van der Waals surface area (Å²) in [7, 11) is 0. The lowest BCUT2D eigenvalue weighted by molar-refractivity contribution is -0.141. The van der Waals surface area contributed by atoms with E-state index in [2.05, 4.69) is 9.97 Å². The normalized spacial score (nSPS) is 13.7. The van der Waals surface area contributed by atoms with Gasteiger partial charge in [0.25, 0.3) is 5.56 Å². The van der Waals surface area contributed by atoms with Crippen LogP contribution in [0.25, 0.3) is 16.6 Å². The number of phenols is 1. The fraction of sp³-hybridized carbons (Fsp3) is 0.409. The van der Waals surface area contributed by atoms with Crippen LogP contribution >= 0.6 is 0 Å². The second kappa shape index (κ2) is 7.64. The number of fused-ring (bicyclic) bond motifs is 1. The number of aromatic nitrogens is 3. The van der Waals surface area contributed by atoms with Crippen LogP contribution in [0.2, 0.25) is 0 Å². The molecule has 0 bridgehead atoms. The first-order valence-electron chi connectivity index (χ1n) is 9.73. The van der Waals surface area contributed by atoms with Crippen LogP contribution in [0.3, 0.4) is 0 Å². The lowest BCUT2D eigenvalue weighted by Gasteiger charge is -2.28. The van der Waals surface area contributed by atoms with Crippen molar-refractivity contribution in [3.05, 3.63) is 57.9 Å². The molecule has 0 aliphatic rings. The van der Waals surface area contributed by atoms with Gasteiger partial charge in [0, 0.05) is 11.5 Å². The Kier molecular flexibility index (Phi) is 5.60. The summed E-state index contributed by atoms with van der Waals surface area (Å²) < 4.78 is 39.9. The number of aromatic hydroxyl groups is 1. The molecular weight excluding hydrogens is 411 g/mol. The van der Waals surface area contributed by atoms with Gasteiger partial charge >= 0.3 is 6.18 Å². The largest absolute Gasteiger partial charge is 0.507 e. The quantitative estimate of drug-likeness (QED) is 0.622. The van der Waals surface area contributed by atoms with Crippen molar-refractivity contribution in [2.24, 2.45) is 5.41 Å². The van der Waals surface area contributed by atoms with E-state index in [0.717, 1.165) is 12.3 Å². The van der Waals surface area contributed by atoms with Crippen LogP contribution in [0, 0.1) is 5.41 Å². The van der Waals surface area contributed by atoms with Crippen LogP contribution in [-0.2, 0) is 6.18 Å². The fourth-order valence-corrected chi connectivity index (χ4v) is 3.30. The molecule has 2 aromatic heterocycles. The predicted octanol–water partition coefficient (Wildman–Crippen LogP) is 4.71. The van der Waals surface area contributed by atoms with Crippen molar-refractivity contribution in [2.45, 2.75) is 52.8 Å². The van der Waals surface area contributed by atoms with E-state index in [1.807, 2.05) is 0 Å². The Hall–Kier alpha value is -2.94. The highest BCUT2D eigenvalue weighted by Crippen LogP contribution is 2.40. The average Bonchev–Trinajstić information content (AvgIpc) is 2.65. The molecular formula is C22H24F3N3O3. The highest BCUT2D eigenvalue weighted by Gasteiger charge is 2.33. The van der Waals surface area contributed by atoms with Crippen LogP contribution in [0.5, 0.6) is 5.75 Å². The number of alkyl halides is 3. The molecule has 31 heavy (non-hydrogen) atoms. The average molecular weight is 435 g/mol. The van der Waals surface area contributed by atoms with E-state index in [1.54, 1.807) is 34.6 Å². The summed E-state index contributed by atoms with van der Waals surface area (Å²) in [6.07, 6.45) is -4.72. The van der Waals surface area contributed by atoms with E-state index in [-0.39, 0.29) is 39.6 Å². The number of nitrogens with zero attached hydrogens (tertiary/aromatic N) is 3. The van der Waals surface area contributed by atoms with Gasteiger partial charge in [-0.1, -0.05) is 34.6 Å². The smallest absolute Gasteiger partial charge is 0.433 e. The SMILES string of the molecule is CC(C)c1nc2c(C(O)C(C)(C)C)c(O)ccc2c(=O)n1-c1ccc(C(F)(F)F)nc1. The van der Waals surface area contributed by atoms with Crippen molar-refractivity contribution in [3.8, 4) is 11.4 Å². The Labute approximate surface area is 177 Å². The summed E-state index contributed by atoms with van der Waals surface area (Å²) in [6, 6.07) is 4.67. The Balaban J connectivity index is 2.35. The lowest BCUT2D eigenvalue weighted by Crippen LogP contribution is -2.26. The van der Waals surface area contributed by atoms with Gasteiger partial charge in [0.2, 0.25) is 0 Å². The highest BCUT2D eigenvalue weighted by molar-refractivity contribution is 5.84. The third-order valence-corrected chi connectivity index (χ3v) is 4.99. The minimum Gasteiger partial charge on any atom is -0.507 e. The molecule has 0 saturated carbocycles. The van der Waals surface area contributed by atoms with Crippen LogP contribution in [-0.4, -0.2) is 24.7 Å². The Morgan fingerprint density at radius 1 is 1.06 bits per heavy atom. The van der Waals surface area contributed by atoms with Crippen molar-refractivity contribution >= 4 is 10.9 Å². The Bertz CT molecular complexity index is 1180. The first-order chi connectivity index (χ1) is 14.2. The molecule has 166 valence electrons. The molecule has 3 aromatic rings. The van der Waals surface area contributed by atoms with Crippen molar-refractivity contribution in [3.63, 3.8) is 0 Å². The number of halogens is 3. The zero-order valence-corrected chi connectivity index (χ0v) is 17.8. The van der Waals surface area contributed by atoms with Gasteiger partial charge in [0.1, 0.15) is 17.3 Å². The van der Waals surface area contributed by atoms with Crippen LogP contribution in [0.15, 0.2) is 35.3 Å². The fourth-order valence-electron chi connectivity index (χ4n) is 3.30. The van der Waals surface area contributed by atoms with E-state index in [1.165, 1.54) is 22.8 Å². The molecule has 2 N–H and O–H groups in total. The maximum absolute atomic E-state index is 13.4. The first kappa shape index (κ1) is 22.7. The van der Waals surface area contributed by atoms with Gasteiger partial charge < -0.3 is 10.2 Å². The third kappa shape index (κ3) is 4.14. The number of aliphatic hydroxyl groups excluding tert-OH is 1. The van der Waals surface area contributed by atoms with Crippen LogP contribution in [0.4, 0.5) is 13.2 Å². The van der Waals surface area contributed by atoms with E-state index in [0.29, 0.717) is 0 Å². The predicted molar refractivity (Wildman–Crippen MR) is 110 cm³/mol. The van der Waals surface area contributed by atoms with Gasteiger partial charge in [-0.2, -0.15) is 13.2 Å². The Morgan fingerprint density at radius 2 is 1.71 bits per heavy atom. The molecule has 0 fully saturated rings. The summed E-state index contributed by atoms with van der Waals surface area (Å²) >= 11 is 0. The van der Waals surface area contributed by atoms with Crippen molar-refractivity contribution in [2.75, 3.05) is 0 Å². The minimum absolute atomic E-state index is 0.125. The molecule has 0 aliphatic carbocycles. The highest BCUT2D eigenvalue weighted by atomic mass is 19.4. The summed E-state index contributed by atoms with van der Waals surface area (Å²) in [5.41, 5.74) is -1.80. The van der Waals surface area contributed by atoms with E-state index < -0.39 is 28.9 Å². The van der Waals surface area contributed by atoms with Gasteiger partial charge in [0.15, 0.2) is 0 Å². The number of hydrogen-bond acceptors (Lipinski definition) is 5. The maximum Gasteiger partial charge on any atom is 0.433 e. The van der Waals surface area contributed by atoms with Crippen molar-refractivity contribution in [1.29, 1.82) is 0 Å². The second-order valence-electron chi connectivity index (χ2n) is 8.83.